The van der Waals surface area contributed by atoms with Crippen LogP contribution in [0.1, 0.15) is 17.0 Å². The molecule has 0 aromatic heterocycles. The smallest absolute Gasteiger partial charge is 0.00885 e. The van der Waals surface area contributed by atoms with Crippen LogP contribution in [0.5, 0.6) is 0 Å². The zero-order chi connectivity index (χ0) is 7.68. The molecule has 0 atom stereocenters. The predicted molar refractivity (Wildman–Crippen MR) is 54.0 cm³/mol. The summed E-state index contributed by atoms with van der Waals surface area (Å²) in [5, 5.41) is 3.27. The number of nitrogens with one attached hydrogen (secondary N) is 1. The van der Waals surface area contributed by atoms with E-state index in [1.807, 2.05) is 0 Å². The standard InChI is InChI=1S/C10H13N.ClH/c1-8-2-4-9(5-3-8)10-6-11-7-10;/h2-5,10-11H,6-7H2,1H3;1H. The summed E-state index contributed by atoms with van der Waals surface area (Å²) >= 11 is 0. The SMILES string of the molecule is Cc1ccc(C2CNC2)cc1.Cl. The minimum absolute atomic E-state index is 0. The van der Waals surface area contributed by atoms with E-state index in [0.29, 0.717) is 0 Å². The molecule has 0 amide bonds. The second-order valence-electron chi connectivity index (χ2n) is 3.27. The molecule has 1 aliphatic rings. The fourth-order valence-electron chi connectivity index (χ4n) is 1.36. The van der Waals surface area contributed by atoms with Crippen LogP contribution in [0.2, 0.25) is 0 Å². The van der Waals surface area contributed by atoms with Gasteiger partial charge in [-0.2, -0.15) is 0 Å². The highest BCUT2D eigenvalue weighted by Crippen LogP contribution is 2.19. The van der Waals surface area contributed by atoms with Crippen molar-refractivity contribution < 1.29 is 0 Å². The lowest BCUT2D eigenvalue weighted by molar-refractivity contribution is 0.448. The molecule has 1 aromatic rings. The van der Waals surface area contributed by atoms with Gasteiger partial charge in [-0.25, -0.2) is 0 Å². The third kappa shape index (κ3) is 1.79. The summed E-state index contributed by atoms with van der Waals surface area (Å²) in [6.07, 6.45) is 0. The molecule has 1 fully saturated rings. The van der Waals surface area contributed by atoms with E-state index in [-0.39, 0.29) is 12.4 Å². The summed E-state index contributed by atoms with van der Waals surface area (Å²) in [4.78, 5) is 0. The van der Waals surface area contributed by atoms with Gasteiger partial charge in [-0.15, -0.1) is 12.4 Å². The Balaban J connectivity index is 0.000000720. The zero-order valence-electron chi connectivity index (χ0n) is 7.21. The highest BCUT2D eigenvalue weighted by Gasteiger charge is 2.17. The van der Waals surface area contributed by atoms with Gasteiger partial charge in [-0.1, -0.05) is 29.8 Å². The van der Waals surface area contributed by atoms with E-state index in [2.05, 4.69) is 36.5 Å². The van der Waals surface area contributed by atoms with Crippen LogP contribution in [0, 0.1) is 6.92 Å². The van der Waals surface area contributed by atoms with Gasteiger partial charge in [0.2, 0.25) is 0 Å². The molecule has 2 rings (SSSR count). The first-order valence-corrected chi connectivity index (χ1v) is 4.13. The number of hydrogen-bond donors (Lipinski definition) is 1. The van der Waals surface area contributed by atoms with E-state index >= 15 is 0 Å². The zero-order valence-corrected chi connectivity index (χ0v) is 8.03. The summed E-state index contributed by atoms with van der Waals surface area (Å²) in [6, 6.07) is 8.85. The molecule has 1 aromatic carbocycles. The number of rotatable bonds is 1. The van der Waals surface area contributed by atoms with Gasteiger partial charge in [0.05, 0.1) is 0 Å². The largest absolute Gasteiger partial charge is 0.315 e. The first kappa shape index (κ1) is 9.56. The Labute approximate surface area is 79.6 Å². The summed E-state index contributed by atoms with van der Waals surface area (Å²) < 4.78 is 0. The fourth-order valence-corrected chi connectivity index (χ4v) is 1.36. The number of halogens is 1. The Bertz CT molecular complexity index is 239. The van der Waals surface area contributed by atoms with E-state index < -0.39 is 0 Å². The highest BCUT2D eigenvalue weighted by atomic mass is 35.5. The quantitative estimate of drug-likeness (QED) is 0.703. The third-order valence-corrected chi connectivity index (χ3v) is 2.33. The molecule has 12 heavy (non-hydrogen) atoms. The van der Waals surface area contributed by atoms with Crippen LogP contribution < -0.4 is 5.32 Å². The summed E-state index contributed by atoms with van der Waals surface area (Å²) in [6.45, 7) is 4.44. The second kappa shape index (κ2) is 3.92. The van der Waals surface area contributed by atoms with Crippen molar-refractivity contribution in [2.75, 3.05) is 13.1 Å². The lowest BCUT2D eigenvalue weighted by Gasteiger charge is -2.27. The number of hydrogen-bond acceptors (Lipinski definition) is 1. The Kier molecular flexibility index (Phi) is 3.12. The molecule has 0 spiro atoms. The van der Waals surface area contributed by atoms with Gasteiger partial charge in [-0.3, -0.25) is 0 Å². The van der Waals surface area contributed by atoms with Gasteiger partial charge in [-0.05, 0) is 12.5 Å². The van der Waals surface area contributed by atoms with Gasteiger partial charge >= 0.3 is 0 Å². The molecule has 1 N–H and O–H groups in total. The van der Waals surface area contributed by atoms with Crippen molar-refractivity contribution in [1.29, 1.82) is 0 Å². The molecular weight excluding hydrogens is 170 g/mol. The third-order valence-electron chi connectivity index (χ3n) is 2.33. The van der Waals surface area contributed by atoms with Crippen LogP contribution in [0.25, 0.3) is 0 Å². The van der Waals surface area contributed by atoms with Crippen molar-refractivity contribution in [2.45, 2.75) is 12.8 Å². The molecule has 0 radical (unpaired) electrons. The molecule has 1 saturated heterocycles. The first-order valence-electron chi connectivity index (χ1n) is 4.13. The van der Waals surface area contributed by atoms with Gasteiger partial charge in [0, 0.05) is 19.0 Å². The van der Waals surface area contributed by atoms with E-state index in [9.17, 15) is 0 Å². The normalized spacial score (nSPS) is 16.4. The van der Waals surface area contributed by atoms with Crippen molar-refractivity contribution in [1.82, 2.24) is 5.32 Å². The Morgan fingerprint density at radius 3 is 2.17 bits per heavy atom. The summed E-state index contributed by atoms with van der Waals surface area (Å²) in [5.41, 5.74) is 2.83. The monoisotopic (exact) mass is 183 g/mol. The van der Waals surface area contributed by atoms with E-state index in [1.165, 1.54) is 11.1 Å². The molecule has 2 heteroatoms. The van der Waals surface area contributed by atoms with Crippen LogP contribution in [0.3, 0.4) is 0 Å². The van der Waals surface area contributed by atoms with Crippen LogP contribution >= 0.6 is 12.4 Å². The van der Waals surface area contributed by atoms with Crippen molar-refractivity contribution in [3.8, 4) is 0 Å². The lowest BCUT2D eigenvalue weighted by Crippen LogP contribution is -2.39. The van der Waals surface area contributed by atoms with Crippen molar-refractivity contribution in [3.63, 3.8) is 0 Å². The van der Waals surface area contributed by atoms with Crippen LogP contribution in [-0.4, -0.2) is 13.1 Å². The van der Waals surface area contributed by atoms with Crippen LogP contribution in [-0.2, 0) is 0 Å². The maximum absolute atomic E-state index is 3.27. The van der Waals surface area contributed by atoms with Gasteiger partial charge in [0.15, 0.2) is 0 Å². The fraction of sp³-hybridized carbons (Fsp3) is 0.400. The average molecular weight is 184 g/mol. The van der Waals surface area contributed by atoms with E-state index in [4.69, 9.17) is 0 Å². The lowest BCUT2D eigenvalue weighted by atomic mass is 9.93. The minimum Gasteiger partial charge on any atom is -0.315 e. The first-order chi connectivity index (χ1) is 5.36. The van der Waals surface area contributed by atoms with Crippen LogP contribution in [0.15, 0.2) is 24.3 Å². The molecule has 1 aliphatic heterocycles. The Morgan fingerprint density at radius 2 is 1.75 bits per heavy atom. The maximum Gasteiger partial charge on any atom is 0.00885 e. The average Bonchev–Trinajstić information content (AvgIpc) is 1.90. The highest BCUT2D eigenvalue weighted by molar-refractivity contribution is 5.85. The topological polar surface area (TPSA) is 12.0 Å². The van der Waals surface area contributed by atoms with Crippen molar-refractivity contribution in [3.05, 3.63) is 35.4 Å². The Morgan fingerprint density at radius 1 is 1.17 bits per heavy atom. The Hall–Kier alpha value is -0.530. The van der Waals surface area contributed by atoms with Crippen molar-refractivity contribution >= 4 is 12.4 Å². The van der Waals surface area contributed by atoms with E-state index in [0.717, 1.165) is 19.0 Å². The minimum atomic E-state index is 0. The van der Waals surface area contributed by atoms with Gasteiger partial charge in [0.25, 0.3) is 0 Å². The molecular formula is C10H14ClN. The second-order valence-corrected chi connectivity index (χ2v) is 3.27. The molecule has 1 nitrogen and oxygen atoms in total. The summed E-state index contributed by atoms with van der Waals surface area (Å²) in [7, 11) is 0. The number of benzene rings is 1. The molecule has 0 unspecified atom stereocenters. The molecule has 0 saturated carbocycles. The molecule has 0 aliphatic carbocycles. The molecule has 1 heterocycles. The maximum atomic E-state index is 3.27. The van der Waals surface area contributed by atoms with Crippen molar-refractivity contribution in [2.24, 2.45) is 0 Å². The molecule has 0 bridgehead atoms. The van der Waals surface area contributed by atoms with E-state index in [1.54, 1.807) is 0 Å². The van der Waals surface area contributed by atoms with Gasteiger partial charge < -0.3 is 5.32 Å². The van der Waals surface area contributed by atoms with Gasteiger partial charge in [0.1, 0.15) is 0 Å². The predicted octanol–water partition coefficient (Wildman–Crippen LogP) is 2.10. The van der Waals surface area contributed by atoms with Crippen LogP contribution in [0.4, 0.5) is 0 Å². The number of aryl methyl sites for hydroxylation is 1. The summed E-state index contributed by atoms with van der Waals surface area (Å²) in [5.74, 6) is 0.774. The molecule has 66 valence electrons.